The third-order valence-corrected chi connectivity index (χ3v) is 8.90. The second-order valence-corrected chi connectivity index (χ2v) is 10.7. The molecule has 5 nitrogen and oxygen atoms in total. The zero-order valence-electron chi connectivity index (χ0n) is 19.0. The number of hydrogen-bond acceptors (Lipinski definition) is 4. The van der Waals surface area contributed by atoms with E-state index in [1.165, 1.54) is 57.4 Å². The number of rotatable bonds is 7. The first-order chi connectivity index (χ1) is 15.7. The van der Waals surface area contributed by atoms with E-state index in [2.05, 4.69) is 15.3 Å². The van der Waals surface area contributed by atoms with Crippen LogP contribution in [0.25, 0.3) is 0 Å². The number of hydrogen-bond donors (Lipinski definition) is 1. The summed E-state index contributed by atoms with van der Waals surface area (Å²) in [5, 5.41) is 2.22. The van der Waals surface area contributed by atoms with Gasteiger partial charge in [0.2, 0.25) is 0 Å². The van der Waals surface area contributed by atoms with Gasteiger partial charge in [-0.1, -0.05) is 25.7 Å². The Labute approximate surface area is 190 Å². The standard InChI is InChI=1S/C26H36FN3O2/c27-24-14-13-22(26(31)28-30(19-9-3-10-19)20-11-4-12-20)23-15-21(16-32-25(23)24)29(17-5-1-6-17)18-7-2-8-18/h13-14,17-21H,1-12,15-16H2,(H,28,31)/t21-/m1/s1. The van der Waals surface area contributed by atoms with Crippen molar-refractivity contribution in [3.8, 4) is 5.75 Å². The highest BCUT2D eigenvalue weighted by Crippen LogP contribution is 2.40. The molecule has 1 N–H and O–H groups in total. The largest absolute Gasteiger partial charge is 0.489 e. The van der Waals surface area contributed by atoms with Gasteiger partial charge in [-0.15, -0.1) is 0 Å². The molecular formula is C26H36FN3O2. The Morgan fingerprint density at radius 3 is 1.91 bits per heavy atom. The minimum Gasteiger partial charge on any atom is -0.489 e. The molecule has 0 spiro atoms. The number of benzene rings is 1. The molecule has 0 saturated heterocycles. The van der Waals surface area contributed by atoms with Gasteiger partial charge in [-0.05, 0) is 69.9 Å². The Morgan fingerprint density at radius 2 is 1.41 bits per heavy atom. The van der Waals surface area contributed by atoms with Crippen LogP contribution in [0.2, 0.25) is 0 Å². The highest BCUT2D eigenvalue weighted by molar-refractivity contribution is 5.96. The van der Waals surface area contributed by atoms with Crippen LogP contribution in [0.3, 0.4) is 0 Å². The van der Waals surface area contributed by atoms with Crippen molar-refractivity contribution in [1.29, 1.82) is 0 Å². The summed E-state index contributed by atoms with van der Waals surface area (Å²) in [6.07, 6.45) is 15.4. The summed E-state index contributed by atoms with van der Waals surface area (Å²) in [7, 11) is 0. The lowest BCUT2D eigenvalue weighted by molar-refractivity contribution is -0.0196. The van der Waals surface area contributed by atoms with E-state index in [0.29, 0.717) is 48.5 Å². The summed E-state index contributed by atoms with van der Waals surface area (Å²) in [4.78, 5) is 16.1. The quantitative estimate of drug-likeness (QED) is 0.629. The number of fused-ring (bicyclic) bond motifs is 1. The molecule has 0 aromatic heterocycles. The van der Waals surface area contributed by atoms with E-state index in [0.717, 1.165) is 31.2 Å². The van der Waals surface area contributed by atoms with E-state index < -0.39 is 0 Å². The van der Waals surface area contributed by atoms with Crippen molar-refractivity contribution in [3.63, 3.8) is 0 Å². The van der Waals surface area contributed by atoms with Crippen molar-refractivity contribution in [2.24, 2.45) is 0 Å². The molecule has 0 radical (unpaired) electrons. The number of nitrogens with one attached hydrogen (secondary N) is 1. The van der Waals surface area contributed by atoms with Crippen molar-refractivity contribution in [3.05, 3.63) is 29.1 Å². The SMILES string of the molecule is O=C(NN(C1CCC1)C1CCC1)c1ccc(F)c2c1C[C@@H](N(C1CCC1)C1CCC1)CO2. The third-order valence-electron chi connectivity index (χ3n) is 8.90. The fourth-order valence-corrected chi connectivity index (χ4v) is 6.09. The Balaban J connectivity index is 1.24. The fourth-order valence-electron chi connectivity index (χ4n) is 6.09. The van der Waals surface area contributed by atoms with Gasteiger partial charge in [0.15, 0.2) is 11.6 Å². The van der Waals surface area contributed by atoms with E-state index in [4.69, 9.17) is 4.74 Å². The van der Waals surface area contributed by atoms with Crippen LogP contribution in [0.15, 0.2) is 12.1 Å². The number of carbonyl (C=O) groups excluding carboxylic acids is 1. The van der Waals surface area contributed by atoms with Crippen molar-refractivity contribution >= 4 is 5.91 Å². The predicted octanol–water partition coefficient (Wildman–Crippen LogP) is 4.59. The summed E-state index contributed by atoms with van der Waals surface area (Å²) < 4.78 is 20.7. The van der Waals surface area contributed by atoms with E-state index in [1.54, 1.807) is 6.07 Å². The maximum absolute atomic E-state index is 14.7. The number of amides is 1. The van der Waals surface area contributed by atoms with Crippen LogP contribution in [0.5, 0.6) is 5.75 Å². The average Bonchev–Trinajstić information content (AvgIpc) is 2.61. The van der Waals surface area contributed by atoms with Gasteiger partial charge in [0.05, 0.1) is 0 Å². The minimum atomic E-state index is -0.344. The Hall–Kier alpha value is -1.66. The summed E-state index contributed by atoms with van der Waals surface area (Å²) in [6, 6.07) is 5.49. The molecule has 32 heavy (non-hydrogen) atoms. The van der Waals surface area contributed by atoms with Gasteiger partial charge >= 0.3 is 0 Å². The number of halogens is 1. The van der Waals surface area contributed by atoms with Crippen molar-refractivity contribution in [2.75, 3.05) is 6.61 Å². The molecule has 1 amide bonds. The molecule has 1 heterocycles. The fraction of sp³-hybridized carbons (Fsp3) is 0.731. The summed E-state index contributed by atoms with van der Waals surface area (Å²) in [6.45, 7) is 0.526. The lowest BCUT2D eigenvalue weighted by atomic mass is 9.82. The lowest BCUT2D eigenvalue weighted by Gasteiger charge is -2.51. The van der Waals surface area contributed by atoms with Crippen LogP contribution in [0.1, 0.15) is 93.0 Å². The first kappa shape index (κ1) is 20.9. The molecule has 4 saturated carbocycles. The van der Waals surface area contributed by atoms with Crippen LogP contribution < -0.4 is 10.2 Å². The maximum atomic E-state index is 14.7. The Bertz CT molecular complexity index is 833. The Kier molecular flexibility index (Phi) is 5.62. The maximum Gasteiger partial charge on any atom is 0.266 e. The molecule has 6 heteroatoms. The molecule has 1 aliphatic heterocycles. The third kappa shape index (κ3) is 3.63. The van der Waals surface area contributed by atoms with Gasteiger partial charge in [-0.2, -0.15) is 0 Å². The van der Waals surface area contributed by atoms with E-state index in [9.17, 15) is 9.18 Å². The van der Waals surface area contributed by atoms with Gasteiger partial charge in [0, 0.05) is 41.3 Å². The molecule has 6 rings (SSSR count). The molecule has 5 aliphatic rings. The highest BCUT2D eigenvalue weighted by atomic mass is 19.1. The van der Waals surface area contributed by atoms with Crippen LogP contribution >= 0.6 is 0 Å². The lowest BCUT2D eigenvalue weighted by Crippen LogP contribution is -2.58. The average molecular weight is 442 g/mol. The molecule has 174 valence electrons. The normalized spacial score (nSPS) is 26.5. The number of nitrogens with zero attached hydrogens (tertiary/aromatic N) is 2. The smallest absolute Gasteiger partial charge is 0.266 e. The summed E-state index contributed by atoms with van der Waals surface area (Å²) in [5.41, 5.74) is 4.61. The van der Waals surface area contributed by atoms with Gasteiger partial charge in [-0.3, -0.25) is 15.1 Å². The number of ether oxygens (including phenoxy) is 1. The number of hydrazine groups is 1. The molecule has 1 aromatic carbocycles. The molecule has 0 bridgehead atoms. The summed E-state index contributed by atoms with van der Waals surface area (Å²) in [5.74, 6) is -0.137. The van der Waals surface area contributed by atoms with Crippen molar-refractivity contribution < 1.29 is 13.9 Å². The topological polar surface area (TPSA) is 44.8 Å². The van der Waals surface area contributed by atoms with Crippen LogP contribution in [-0.2, 0) is 6.42 Å². The van der Waals surface area contributed by atoms with Crippen molar-refractivity contribution in [1.82, 2.24) is 15.3 Å². The van der Waals surface area contributed by atoms with Gasteiger partial charge in [-0.25, -0.2) is 9.40 Å². The zero-order chi connectivity index (χ0) is 21.7. The van der Waals surface area contributed by atoms with Crippen LogP contribution in [0, 0.1) is 5.82 Å². The van der Waals surface area contributed by atoms with Gasteiger partial charge in [0.1, 0.15) is 6.61 Å². The first-order valence-electron chi connectivity index (χ1n) is 13.0. The van der Waals surface area contributed by atoms with Crippen molar-refractivity contribution in [2.45, 2.75) is 114 Å². The second kappa shape index (κ2) is 8.60. The van der Waals surface area contributed by atoms with Gasteiger partial charge in [0.25, 0.3) is 5.91 Å². The first-order valence-corrected chi connectivity index (χ1v) is 13.0. The van der Waals surface area contributed by atoms with Crippen LogP contribution in [-0.4, -0.2) is 52.6 Å². The van der Waals surface area contributed by atoms with Gasteiger partial charge < -0.3 is 4.74 Å². The van der Waals surface area contributed by atoms with E-state index in [1.807, 2.05) is 0 Å². The molecule has 4 aliphatic carbocycles. The van der Waals surface area contributed by atoms with E-state index in [-0.39, 0.29) is 17.8 Å². The zero-order valence-corrected chi connectivity index (χ0v) is 19.0. The molecular weight excluding hydrogens is 405 g/mol. The minimum absolute atomic E-state index is 0.0943. The molecule has 0 unspecified atom stereocenters. The molecule has 1 aromatic rings. The van der Waals surface area contributed by atoms with Crippen LogP contribution in [0.4, 0.5) is 4.39 Å². The molecule has 4 fully saturated rings. The monoisotopic (exact) mass is 441 g/mol. The molecule has 1 atom stereocenters. The highest BCUT2D eigenvalue weighted by Gasteiger charge is 2.41. The summed E-state index contributed by atoms with van der Waals surface area (Å²) >= 11 is 0. The van der Waals surface area contributed by atoms with E-state index >= 15 is 0 Å². The number of carbonyl (C=O) groups is 1. The predicted molar refractivity (Wildman–Crippen MR) is 121 cm³/mol. The Morgan fingerprint density at radius 1 is 0.844 bits per heavy atom. The second-order valence-electron chi connectivity index (χ2n) is 10.7.